The van der Waals surface area contributed by atoms with Crippen molar-refractivity contribution in [2.45, 2.75) is 64.6 Å². The van der Waals surface area contributed by atoms with Gasteiger partial charge in [0, 0.05) is 6.54 Å². The Hall–Kier alpha value is -1.77. The van der Waals surface area contributed by atoms with Gasteiger partial charge in [0.2, 0.25) is 5.91 Å². The van der Waals surface area contributed by atoms with Crippen molar-refractivity contribution in [3.8, 4) is 6.07 Å². The van der Waals surface area contributed by atoms with Gasteiger partial charge in [0.25, 0.3) is 0 Å². The SMILES string of the molecule is CC(C)(C#N)NC(=O)C1CCCN1C(=O)OC(C)(C)C. The number of hydrogen-bond acceptors (Lipinski definition) is 4. The van der Waals surface area contributed by atoms with Crippen LogP contribution in [0.3, 0.4) is 0 Å². The van der Waals surface area contributed by atoms with Crippen LogP contribution < -0.4 is 5.32 Å². The van der Waals surface area contributed by atoms with E-state index in [9.17, 15) is 9.59 Å². The van der Waals surface area contributed by atoms with Gasteiger partial charge in [0.1, 0.15) is 17.2 Å². The van der Waals surface area contributed by atoms with Crippen LogP contribution in [0.25, 0.3) is 0 Å². The lowest BCUT2D eigenvalue weighted by Gasteiger charge is -2.29. The van der Waals surface area contributed by atoms with Crippen molar-refractivity contribution in [3.63, 3.8) is 0 Å². The first-order chi connectivity index (χ1) is 9.06. The fraction of sp³-hybridized carbons (Fsp3) is 0.786. The van der Waals surface area contributed by atoms with E-state index in [1.807, 2.05) is 6.07 Å². The molecular weight excluding hydrogens is 258 g/mol. The van der Waals surface area contributed by atoms with Gasteiger partial charge in [-0.25, -0.2) is 4.79 Å². The van der Waals surface area contributed by atoms with Gasteiger partial charge >= 0.3 is 6.09 Å². The first kappa shape index (κ1) is 16.3. The quantitative estimate of drug-likeness (QED) is 0.836. The van der Waals surface area contributed by atoms with Crippen LogP contribution in [0.5, 0.6) is 0 Å². The zero-order valence-corrected chi connectivity index (χ0v) is 12.8. The second-order valence-electron chi connectivity index (χ2n) is 6.56. The average Bonchev–Trinajstić information content (AvgIpc) is 2.75. The number of hydrogen-bond donors (Lipinski definition) is 1. The summed E-state index contributed by atoms with van der Waals surface area (Å²) in [7, 11) is 0. The number of likely N-dealkylation sites (tertiary alicyclic amines) is 1. The molecule has 1 aliphatic heterocycles. The van der Waals surface area contributed by atoms with Crippen molar-refractivity contribution >= 4 is 12.0 Å². The lowest BCUT2D eigenvalue weighted by Crippen LogP contribution is -2.52. The Bertz CT molecular complexity index is 432. The number of nitriles is 1. The van der Waals surface area contributed by atoms with Crippen LogP contribution in [-0.4, -0.2) is 40.6 Å². The van der Waals surface area contributed by atoms with Gasteiger partial charge in [-0.3, -0.25) is 9.69 Å². The lowest BCUT2D eigenvalue weighted by atomic mass is 10.1. The van der Waals surface area contributed by atoms with Crippen LogP contribution in [0.15, 0.2) is 0 Å². The highest BCUT2D eigenvalue weighted by Gasteiger charge is 2.38. The predicted octanol–water partition coefficient (Wildman–Crippen LogP) is 1.80. The summed E-state index contributed by atoms with van der Waals surface area (Å²) in [6.45, 7) is 9.10. The molecule has 1 saturated heterocycles. The molecule has 0 bridgehead atoms. The Labute approximate surface area is 120 Å². The van der Waals surface area contributed by atoms with Crippen molar-refractivity contribution in [3.05, 3.63) is 0 Å². The summed E-state index contributed by atoms with van der Waals surface area (Å²) in [6.07, 6.45) is 0.863. The average molecular weight is 281 g/mol. The summed E-state index contributed by atoms with van der Waals surface area (Å²) in [4.78, 5) is 25.7. The molecule has 1 heterocycles. The van der Waals surface area contributed by atoms with Crippen molar-refractivity contribution in [1.29, 1.82) is 5.26 Å². The van der Waals surface area contributed by atoms with E-state index in [-0.39, 0.29) is 5.91 Å². The molecule has 2 amide bonds. The molecule has 6 heteroatoms. The number of carbonyl (C=O) groups excluding carboxylic acids is 2. The van der Waals surface area contributed by atoms with Gasteiger partial charge in [-0.1, -0.05) is 0 Å². The summed E-state index contributed by atoms with van der Waals surface area (Å²) < 4.78 is 5.30. The van der Waals surface area contributed by atoms with E-state index >= 15 is 0 Å². The Morgan fingerprint density at radius 1 is 1.30 bits per heavy atom. The monoisotopic (exact) mass is 281 g/mol. The van der Waals surface area contributed by atoms with Crippen molar-refractivity contribution in [2.24, 2.45) is 0 Å². The molecule has 6 nitrogen and oxygen atoms in total. The van der Waals surface area contributed by atoms with E-state index in [1.165, 1.54) is 4.90 Å². The predicted molar refractivity (Wildman–Crippen MR) is 73.8 cm³/mol. The minimum atomic E-state index is -0.945. The molecule has 1 unspecified atom stereocenters. The number of amides is 2. The Morgan fingerprint density at radius 2 is 1.90 bits per heavy atom. The highest BCUT2D eigenvalue weighted by Crippen LogP contribution is 2.21. The van der Waals surface area contributed by atoms with Crippen LogP contribution in [0.1, 0.15) is 47.5 Å². The largest absolute Gasteiger partial charge is 0.444 e. The van der Waals surface area contributed by atoms with Crippen LogP contribution in [0.4, 0.5) is 4.79 Å². The molecule has 1 fully saturated rings. The van der Waals surface area contributed by atoms with Crippen LogP contribution in [0.2, 0.25) is 0 Å². The molecule has 1 N–H and O–H groups in total. The molecule has 1 rings (SSSR count). The third-order valence-electron chi connectivity index (χ3n) is 2.90. The highest BCUT2D eigenvalue weighted by atomic mass is 16.6. The van der Waals surface area contributed by atoms with E-state index < -0.39 is 23.3 Å². The number of nitrogens with one attached hydrogen (secondary N) is 1. The van der Waals surface area contributed by atoms with Gasteiger partial charge in [0.05, 0.1) is 6.07 Å². The van der Waals surface area contributed by atoms with Gasteiger partial charge in [0.15, 0.2) is 0 Å². The van der Waals surface area contributed by atoms with Gasteiger partial charge in [-0.2, -0.15) is 5.26 Å². The third kappa shape index (κ3) is 4.41. The summed E-state index contributed by atoms with van der Waals surface area (Å²) in [5, 5.41) is 11.6. The van der Waals surface area contributed by atoms with E-state index in [0.717, 1.165) is 6.42 Å². The fourth-order valence-corrected chi connectivity index (χ4v) is 2.00. The standard InChI is InChI=1S/C14H23N3O3/c1-13(2,3)20-12(19)17-8-6-7-10(17)11(18)16-14(4,5)9-15/h10H,6-8H2,1-5H3,(H,16,18). The molecular formula is C14H23N3O3. The first-order valence-electron chi connectivity index (χ1n) is 6.79. The smallest absolute Gasteiger partial charge is 0.410 e. The van der Waals surface area contributed by atoms with E-state index in [0.29, 0.717) is 13.0 Å². The topological polar surface area (TPSA) is 82.4 Å². The Kier molecular flexibility index (Phi) is 4.64. The first-order valence-corrected chi connectivity index (χ1v) is 6.79. The van der Waals surface area contributed by atoms with Crippen LogP contribution >= 0.6 is 0 Å². The maximum atomic E-state index is 12.2. The van der Waals surface area contributed by atoms with Crippen molar-refractivity contribution < 1.29 is 14.3 Å². The summed E-state index contributed by atoms with van der Waals surface area (Å²) in [5.74, 6) is -0.306. The summed E-state index contributed by atoms with van der Waals surface area (Å²) in [5.41, 5.74) is -1.54. The lowest BCUT2D eigenvalue weighted by molar-refractivity contribution is -0.126. The third-order valence-corrected chi connectivity index (χ3v) is 2.90. The molecule has 112 valence electrons. The van der Waals surface area contributed by atoms with Gasteiger partial charge in [-0.05, 0) is 47.5 Å². The molecule has 0 aromatic heterocycles. The number of nitrogens with zero attached hydrogens (tertiary/aromatic N) is 2. The van der Waals surface area contributed by atoms with E-state index in [2.05, 4.69) is 5.32 Å². The Morgan fingerprint density at radius 3 is 2.40 bits per heavy atom. The minimum Gasteiger partial charge on any atom is -0.444 e. The van der Waals surface area contributed by atoms with E-state index in [1.54, 1.807) is 34.6 Å². The minimum absolute atomic E-state index is 0.306. The number of ether oxygens (including phenoxy) is 1. The molecule has 0 aromatic rings. The summed E-state index contributed by atoms with van der Waals surface area (Å²) >= 11 is 0. The van der Waals surface area contributed by atoms with Crippen molar-refractivity contribution in [2.75, 3.05) is 6.54 Å². The molecule has 0 aromatic carbocycles. The molecule has 0 radical (unpaired) electrons. The maximum Gasteiger partial charge on any atom is 0.410 e. The number of rotatable bonds is 2. The summed E-state index contributed by atoms with van der Waals surface area (Å²) in [6, 6.07) is 1.45. The zero-order chi connectivity index (χ0) is 15.6. The molecule has 0 aliphatic carbocycles. The normalized spacial score (nSPS) is 19.4. The Balaban J connectivity index is 2.73. The molecule has 1 aliphatic rings. The van der Waals surface area contributed by atoms with Crippen LogP contribution in [-0.2, 0) is 9.53 Å². The zero-order valence-electron chi connectivity index (χ0n) is 12.8. The molecule has 0 spiro atoms. The second kappa shape index (κ2) is 5.70. The maximum absolute atomic E-state index is 12.2. The van der Waals surface area contributed by atoms with Gasteiger partial charge in [-0.15, -0.1) is 0 Å². The molecule has 0 saturated carbocycles. The fourth-order valence-electron chi connectivity index (χ4n) is 2.00. The molecule has 20 heavy (non-hydrogen) atoms. The highest BCUT2D eigenvalue weighted by molar-refractivity contribution is 5.87. The van der Waals surface area contributed by atoms with Crippen molar-refractivity contribution in [1.82, 2.24) is 10.2 Å². The number of carbonyl (C=O) groups is 2. The second-order valence-corrected chi connectivity index (χ2v) is 6.56. The van der Waals surface area contributed by atoms with Gasteiger partial charge < -0.3 is 10.1 Å². The molecule has 1 atom stereocenters. The van der Waals surface area contributed by atoms with Crippen LogP contribution in [0, 0.1) is 11.3 Å². The van der Waals surface area contributed by atoms with E-state index in [4.69, 9.17) is 10.00 Å².